The summed E-state index contributed by atoms with van der Waals surface area (Å²) in [7, 11) is 0. The van der Waals surface area contributed by atoms with Crippen molar-refractivity contribution in [3.8, 4) is 0 Å². The fourth-order valence-electron chi connectivity index (χ4n) is 2.50. The van der Waals surface area contributed by atoms with Crippen LogP contribution in [0, 0.1) is 17.3 Å². The van der Waals surface area contributed by atoms with Crippen LogP contribution in [0.1, 0.15) is 33.6 Å². The molecular weight excluding hydrogens is 330 g/mol. The molecule has 1 fully saturated rings. The average Bonchev–Trinajstić information content (AvgIpc) is 2.33. The van der Waals surface area contributed by atoms with E-state index in [9.17, 15) is 41.0 Å². The van der Waals surface area contributed by atoms with E-state index in [0.717, 1.165) is 0 Å². The van der Waals surface area contributed by atoms with Gasteiger partial charge in [0.05, 0.1) is 5.92 Å². The van der Waals surface area contributed by atoms with Crippen LogP contribution in [0.5, 0.6) is 0 Å². The number of alkyl halides is 6. The number of hydrogen-bond acceptors (Lipinski definition) is 3. The Labute approximate surface area is 128 Å². The summed E-state index contributed by atoms with van der Waals surface area (Å²) in [5.74, 6) is -9.27. The first-order valence-electron chi connectivity index (χ1n) is 6.71. The minimum atomic E-state index is -5.33. The average molecular weight is 346 g/mol. The molecule has 1 N–H and O–H groups in total. The van der Waals surface area contributed by atoms with Crippen molar-refractivity contribution in [3.05, 3.63) is 11.3 Å². The summed E-state index contributed by atoms with van der Waals surface area (Å²) in [6.07, 6.45) is -11.6. The summed E-state index contributed by atoms with van der Waals surface area (Å²) < 4.78 is 75.6. The predicted molar refractivity (Wildman–Crippen MR) is 67.4 cm³/mol. The highest BCUT2D eigenvalue weighted by atomic mass is 19.4. The number of carbonyl (C=O) groups is 2. The molecule has 0 aromatic rings. The van der Waals surface area contributed by atoms with Crippen molar-refractivity contribution in [1.82, 2.24) is 0 Å². The van der Waals surface area contributed by atoms with Gasteiger partial charge in [0.15, 0.2) is 5.78 Å². The molecule has 2 unspecified atom stereocenters. The van der Waals surface area contributed by atoms with Crippen LogP contribution in [0.4, 0.5) is 26.3 Å². The highest BCUT2D eigenvalue weighted by Gasteiger charge is 2.52. The molecule has 1 aliphatic carbocycles. The minimum absolute atomic E-state index is 0.505. The molecule has 9 heteroatoms. The molecule has 3 nitrogen and oxygen atoms in total. The van der Waals surface area contributed by atoms with Gasteiger partial charge in [0.25, 0.3) is 0 Å². The highest BCUT2D eigenvalue weighted by Crippen LogP contribution is 2.45. The van der Waals surface area contributed by atoms with E-state index in [-0.39, 0.29) is 0 Å². The molecule has 0 aromatic heterocycles. The van der Waals surface area contributed by atoms with Crippen molar-refractivity contribution in [2.75, 3.05) is 0 Å². The SMILES string of the molecule is CC(C)(C)C1CC(=C(O)C(F)(F)F)C(=O)C(C(=O)C(F)(F)F)C1. The Balaban J connectivity index is 3.40. The largest absolute Gasteiger partial charge is 0.504 e. The molecular formula is C14H16F6O3. The molecule has 0 amide bonds. The number of aliphatic hydroxyl groups is 1. The van der Waals surface area contributed by atoms with Crippen molar-refractivity contribution < 1.29 is 41.0 Å². The molecule has 2 atom stereocenters. The maximum absolute atomic E-state index is 12.6. The molecule has 0 spiro atoms. The number of halogens is 6. The molecule has 132 valence electrons. The fraction of sp³-hybridized carbons (Fsp3) is 0.714. The van der Waals surface area contributed by atoms with Crippen molar-refractivity contribution in [1.29, 1.82) is 0 Å². The number of rotatable bonds is 1. The van der Waals surface area contributed by atoms with Gasteiger partial charge in [0.2, 0.25) is 11.5 Å². The maximum Gasteiger partial charge on any atom is 0.450 e. The molecule has 0 aliphatic heterocycles. The van der Waals surface area contributed by atoms with E-state index < -0.39 is 65.3 Å². The third-order valence-electron chi connectivity index (χ3n) is 3.96. The minimum Gasteiger partial charge on any atom is -0.504 e. The lowest BCUT2D eigenvalue weighted by molar-refractivity contribution is -0.178. The standard InChI is InChI=1S/C14H16F6O3/c1-12(2,3)6-4-7(10(22)13(15,16)17)9(21)8(5-6)11(23)14(18,19)20/h6-7,23H,4-5H2,1-3H3. The Morgan fingerprint density at radius 2 is 1.52 bits per heavy atom. The van der Waals surface area contributed by atoms with Gasteiger partial charge < -0.3 is 5.11 Å². The molecule has 0 radical (unpaired) electrons. The van der Waals surface area contributed by atoms with E-state index in [0.29, 0.717) is 0 Å². The van der Waals surface area contributed by atoms with Crippen LogP contribution in [0.25, 0.3) is 0 Å². The third kappa shape index (κ3) is 4.26. The van der Waals surface area contributed by atoms with E-state index in [1.807, 2.05) is 0 Å². The van der Waals surface area contributed by atoms with Crippen molar-refractivity contribution in [2.24, 2.45) is 17.3 Å². The van der Waals surface area contributed by atoms with E-state index in [2.05, 4.69) is 0 Å². The molecule has 1 aliphatic rings. The molecule has 0 heterocycles. The summed E-state index contributed by atoms with van der Waals surface area (Å²) in [5.41, 5.74) is -1.91. The maximum atomic E-state index is 12.6. The van der Waals surface area contributed by atoms with Crippen LogP contribution in [0.2, 0.25) is 0 Å². The second-order valence-electron chi connectivity index (χ2n) is 6.61. The number of aliphatic hydroxyl groups excluding tert-OH is 1. The topological polar surface area (TPSA) is 54.4 Å². The number of Topliss-reactive ketones (excluding diaryl/α,β-unsaturated/α-hetero) is 2. The van der Waals surface area contributed by atoms with Crippen LogP contribution >= 0.6 is 0 Å². The van der Waals surface area contributed by atoms with Crippen LogP contribution in [0.15, 0.2) is 11.3 Å². The Kier molecular flexibility index (Phi) is 4.94. The lowest BCUT2D eigenvalue weighted by atomic mass is 9.66. The summed E-state index contributed by atoms with van der Waals surface area (Å²) in [5, 5.41) is 9.21. The first-order valence-corrected chi connectivity index (χ1v) is 6.71. The Hall–Kier alpha value is -1.54. The molecule has 0 aromatic carbocycles. The smallest absolute Gasteiger partial charge is 0.450 e. The Bertz CT molecular complexity index is 536. The van der Waals surface area contributed by atoms with Gasteiger partial charge in [-0.15, -0.1) is 0 Å². The summed E-state index contributed by atoms with van der Waals surface area (Å²) >= 11 is 0. The summed E-state index contributed by atoms with van der Waals surface area (Å²) in [4.78, 5) is 23.3. The zero-order valence-corrected chi connectivity index (χ0v) is 12.6. The fourth-order valence-corrected chi connectivity index (χ4v) is 2.50. The molecule has 23 heavy (non-hydrogen) atoms. The predicted octanol–water partition coefficient (Wildman–Crippen LogP) is 4.13. The molecule has 1 rings (SSSR count). The Morgan fingerprint density at radius 3 is 1.87 bits per heavy atom. The van der Waals surface area contributed by atoms with Crippen LogP contribution in [-0.2, 0) is 9.59 Å². The number of allylic oxidation sites excluding steroid dienone is 2. The second-order valence-corrected chi connectivity index (χ2v) is 6.61. The number of ketones is 2. The second kappa shape index (κ2) is 5.83. The molecule has 0 bridgehead atoms. The number of hydrogen-bond donors (Lipinski definition) is 1. The molecule has 0 saturated heterocycles. The normalized spacial score (nSPS) is 26.2. The lowest BCUT2D eigenvalue weighted by Gasteiger charge is -2.38. The van der Waals surface area contributed by atoms with E-state index >= 15 is 0 Å². The van der Waals surface area contributed by atoms with Gasteiger partial charge in [-0.05, 0) is 24.2 Å². The van der Waals surface area contributed by atoms with Gasteiger partial charge in [-0.2, -0.15) is 26.3 Å². The van der Waals surface area contributed by atoms with Gasteiger partial charge in [-0.3, -0.25) is 9.59 Å². The van der Waals surface area contributed by atoms with Crippen molar-refractivity contribution in [3.63, 3.8) is 0 Å². The first kappa shape index (κ1) is 19.5. The monoisotopic (exact) mass is 346 g/mol. The van der Waals surface area contributed by atoms with Crippen LogP contribution in [0.3, 0.4) is 0 Å². The van der Waals surface area contributed by atoms with Gasteiger partial charge in [0.1, 0.15) is 0 Å². The van der Waals surface area contributed by atoms with Gasteiger partial charge in [-0.25, -0.2) is 0 Å². The van der Waals surface area contributed by atoms with E-state index in [4.69, 9.17) is 0 Å². The first-order chi connectivity index (χ1) is 10.1. The van der Waals surface area contributed by atoms with Gasteiger partial charge in [-0.1, -0.05) is 20.8 Å². The van der Waals surface area contributed by atoms with E-state index in [1.54, 1.807) is 20.8 Å². The summed E-state index contributed by atoms with van der Waals surface area (Å²) in [6.45, 7) is 4.72. The highest BCUT2D eigenvalue weighted by molar-refractivity contribution is 6.12. The Morgan fingerprint density at radius 1 is 1.04 bits per heavy atom. The van der Waals surface area contributed by atoms with Gasteiger partial charge >= 0.3 is 12.4 Å². The van der Waals surface area contributed by atoms with Crippen molar-refractivity contribution >= 4 is 11.6 Å². The zero-order valence-electron chi connectivity index (χ0n) is 12.6. The lowest BCUT2D eigenvalue weighted by Crippen LogP contribution is -2.43. The van der Waals surface area contributed by atoms with Crippen molar-refractivity contribution in [2.45, 2.75) is 46.0 Å². The van der Waals surface area contributed by atoms with Gasteiger partial charge in [0, 0.05) is 5.57 Å². The molecule has 1 saturated carbocycles. The van der Waals surface area contributed by atoms with E-state index in [1.165, 1.54) is 0 Å². The summed E-state index contributed by atoms with van der Waals surface area (Å²) in [6, 6.07) is 0. The van der Waals surface area contributed by atoms with Crippen LogP contribution in [-0.4, -0.2) is 29.0 Å². The number of carbonyl (C=O) groups excluding carboxylic acids is 2. The third-order valence-corrected chi connectivity index (χ3v) is 3.96. The quantitative estimate of drug-likeness (QED) is 0.336. The zero-order chi connectivity index (χ0) is 18.4. The van der Waals surface area contributed by atoms with Crippen LogP contribution < -0.4 is 0 Å².